The minimum atomic E-state index is -0.619. The van der Waals surface area contributed by atoms with Crippen LogP contribution in [0, 0.1) is 0 Å². The van der Waals surface area contributed by atoms with Crippen molar-refractivity contribution in [3.05, 3.63) is 39.3 Å². The monoisotopic (exact) mass is 383 g/mol. The van der Waals surface area contributed by atoms with Crippen LogP contribution in [0.1, 0.15) is 9.67 Å². The normalized spacial score (nSPS) is 10.8. The number of thiophene rings is 1. The van der Waals surface area contributed by atoms with Crippen LogP contribution in [-0.4, -0.2) is 18.0 Å². The molecule has 2 aromatic heterocycles. The molecule has 1 amide bonds. The quantitative estimate of drug-likeness (QED) is 0.706. The highest BCUT2D eigenvalue weighted by molar-refractivity contribution is 7.21. The Balaban J connectivity index is 2.11. The Morgan fingerprint density at radius 1 is 1.21 bits per heavy atom. The number of nitrogen functional groups attached to an aromatic ring is 1. The largest absolute Gasteiger partial charge is 0.495 e. The molecule has 4 N–H and O–H groups in total. The predicted octanol–water partition coefficient (Wildman–Crippen LogP) is 4.09. The zero-order chi connectivity index (χ0) is 17.4. The van der Waals surface area contributed by atoms with Gasteiger partial charge in [-0.3, -0.25) is 4.79 Å². The highest BCUT2D eigenvalue weighted by atomic mass is 35.5. The molecule has 0 aliphatic rings. The number of rotatable bonds is 4. The molecular weight excluding hydrogens is 373 g/mol. The molecule has 0 saturated heterocycles. The molecular formula is C15H11Cl2N3O3S. The van der Waals surface area contributed by atoms with Crippen molar-refractivity contribution in [2.24, 2.45) is 5.73 Å². The highest BCUT2D eigenvalue weighted by Gasteiger charge is 2.19. The third kappa shape index (κ3) is 2.82. The second kappa shape index (κ2) is 6.35. The fourth-order valence-electron chi connectivity index (χ4n) is 2.15. The summed E-state index contributed by atoms with van der Waals surface area (Å²) >= 11 is 13.4. The number of carbonyl (C=O) groups excluding carboxylic acids is 1. The van der Waals surface area contributed by atoms with Gasteiger partial charge in [0.25, 0.3) is 5.91 Å². The minimum Gasteiger partial charge on any atom is -0.495 e. The number of pyridine rings is 1. The van der Waals surface area contributed by atoms with Crippen molar-refractivity contribution in [2.75, 3.05) is 12.8 Å². The van der Waals surface area contributed by atoms with Crippen molar-refractivity contribution in [1.29, 1.82) is 0 Å². The number of nitrogens with zero attached hydrogens (tertiary/aromatic N) is 1. The zero-order valence-electron chi connectivity index (χ0n) is 12.3. The van der Waals surface area contributed by atoms with Gasteiger partial charge in [0.2, 0.25) is 0 Å². The Bertz CT molecular complexity index is 959. The van der Waals surface area contributed by atoms with Crippen molar-refractivity contribution in [2.45, 2.75) is 0 Å². The number of aromatic nitrogens is 1. The van der Waals surface area contributed by atoms with Gasteiger partial charge in [-0.2, -0.15) is 0 Å². The number of hydrogen-bond donors (Lipinski definition) is 2. The fraction of sp³-hybridized carbons (Fsp3) is 0.0667. The molecule has 9 heteroatoms. The molecule has 3 rings (SSSR count). The van der Waals surface area contributed by atoms with E-state index in [0.717, 1.165) is 11.3 Å². The first-order chi connectivity index (χ1) is 11.4. The van der Waals surface area contributed by atoms with E-state index < -0.39 is 5.91 Å². The molecule has 24 heavy (non-hydrogen) atoms. The van der Waals surface area contributed by atoms with Crippen LogP contribution in [-0.2, 0) is 0 Å². The zero-order valence-corrected chi connectivity index (χ0v) is 14.6. The summed E-state index contributed by atoms with van der Waals surface area (Å²) in [4.78, 5) is 16.4. The SMILES string of the molecule is COc1cc(Cl)c(Oc2ccnc3sc(C(N)=O)c(N)c23)cc1Cl. The molecule has 0 radical (unpaired) electrons. The number of nitrogens with two attached hydrogens (primary N) is 2. The lowest BCUT2D eigenvalue weighted by molar-refractivity contribution is 0.100. The molecule has 0 aliphatic carbocycles. The molecule has 0 spiro atoms. The number of halogens is 2. The van der Waals surface area contributed by atoms with Gasteiger partial charge in [0.15, 0.2) is 0 Å². The van der Waals surface area contributed by atoms with E-state index in [2.05, 4.69) is 4.98 Å². The molecule has 0 aliphatic heterocycles. The summed E-state index contributed by atoms with van der Waals surface area (Å²) in [5.41, 5.74) is 11.6. The van der Waals surface area contributed by atoms with Crippen molar-refractivity contribution >= 4 is 56.3 Å². The highest BCUT2D eigenvalue weighted by Crippen LogP contribution is 2.42. The standard InChI is InChI=1S/C15H11Cl2N3O3S/c1-22-9-4-7(17)10(5-6(9)16)23-8-2-3-20-15-11(8)12(18)13(24-15)14(19)21/h2-5H,18H2,1H3,(H2,19,21). The predicted molar refractivity (Wildman–Crippen MR) is 95.6 cm³/mol. The van der Waals surface area contributed by atoms with Crippen molar-refractivity contribution in [3.63, 3.8) is 0 Å². The van der Waals surface area contributed by atoms with Crippen LogP contribution in [0.4, 0.5) is 5.69 Å². The van der Waals surface area contributed by atoms with Crippen LogP contribution < -0.4 is 20.9 Å². The van der Waals surface area contributed by atoms with Crippen LogP contribution >= 0.6 is 34.5 Å². The van der Waals surface area contributed by atoms with Gasteiger partial charge in [-0.1, -0.05) is 23.2 Å². The van der Waals surface area contributed by atoms with E-state index in [1.165, 1.54) is 19.4 Å². The second-order valence-electron chi connectivity index (χ2n) is 4.72. The average molecular weight is 384 g/mol. The van der Waals surface area contributed by atoms with E-state index >= 15 is 0 Å². The summed E-state index contributed by atoms with van der Waals surface area (Å²) in [7, 11) is 1.49. The van der Waals surface area contributed by atoms with Crippen LogP contribution in [0.15, 0.2) is 24.4 Å². The van der Waals surface area contributed by atoms with Crippen LogP contribution in [0.3, 0.4) is 0 Å². The smallest absolute Gasteiger partial charge is 0.260 e. The summed E-state index contributed by atoms with van der Waals surface area (Å²) in [6.07, 6.45) is 1.54. The molecule has 6 nitrogen and oxygen atoms in total. The lowest BCUT2D eigenvalue weighted by atomic mass is 10.2. The van der Waals surface area contributed by atoms with Gasteiger partial charge >= 0.3 is 0 Å². The summed E-state index contributed by atoms with van der Waals surface area (Å²) < 4.78 is 10.9. The average Bonchev–Trinajstić information content (AvgIpc) is 2.89. The molecule has 2 heterocycles. The molecule has 0 saturated carbocycles. The molecule has 1 aromatic carbocycles. The van der Waals surface area contributed by atoms with E-state index in [1.807, 2.05) is 0 Å². The van der Waals surface area contributed by atoms with Crippen LogP contribution in [0.5, 0.6) is 17.2 Å². The molecule has 124 valence electrons. The maximum absolute atomic E-state index is 11.5. The van der Waals surface area contributed by atoms with E-state index in [9.17, 15) is 4.79 Å². The Morgan fingerprint density at radius 3 is 2.54 bits per heavy atom. The summed E-state index contributed by atoms with van der Waals surface area (Å²) in [6, 6.07) is 4.70. The lowest BCUT2D eigenvalue weighted by Crippen LogP contribution is -2.10. The Kier molecular flexibility index (Phi) is 4.40. The van der Waals surface area contributed by atoms with Crippen molar-refractivity contribution in [1.82, 2.24) is 4.98 Å². The lowest BCUT2D eigenvalue weighted by Gasteiger charge is -2.11. The Labute approximate surface area is 150 Å². The van der Waals surface area contributed by atoms with Gasteiger partial charge in [-0.05, 0) is 6.07 Å². The Hall–Kier alpha value is -2.22. The summed E-state index contributed by atoms with van der Waals surface area (Å²) in [6.45, 7) is 0. The number of amides is 1. The number of hydrogen-bond acceptors (Lipinski definition) is 6. The maximum atomic E-state index is 11.5. The number of methoxy groups -OCH3 is 1. The molecule has 0 unspecified atom stereocenters. The maximum Gasteiger partial charge on any atom is 0.260 e. The molecule has 0 bridgehead atoms. The van der Waals surface area contributed by atoms with Gasteiger partial charge in [0, 0.05) is 18.3 Å². The third-order valence-electron chi connectivity index (χ3n) is 3.24. The van der Waals surface area contributed by atoms with Crippen molar-refractivity contribution in [3.8, 4) is 17.2 Å². The van der Waals surface area contributed by atoms with Gasteiger partial charge in [-0.25, -0.2) is 4.98 Å². The van der Waals surface area contributed by atoms with E-state index in [4.69, 9.17) is 44.1 Å². The molecule has 0 fully saturated rings. The number of primary amides is 1. The minimum absolute atomic E-state index is 0.223. The van der Waals surface area contributed by atoms with E-state index in [1.54, 1.807) is 12.1 Å². The fourth-order valence-corrected chi connectivity index (χ4v) is 3.50. The third-order valence-corrected chi connectivity index (χ3v) is 4.96. The number of anilines is 1. The van der Waals surface area contributed by atoms with E-state index in [0.29, 0.717) is 37.5 Å². The Morgan fingerprint density at radius 2 is 1.88 bits per heavy atom. The van der Waals surface area contributed by atoms with Gasteiger partial charge < -0.3 is 20.9 Å². The van der Waals surface area contributed by atoms with Crippen molar-refractivity contribution < 1.29 is 14.3 Å². The van der Waals surface area contributed by atoms with Crippen LogP contribution in [0.25, 0.3) is 10.2 Å². The summed E-state index contributed by atoms with van der Waals surface area (Å²) in [5.74, 6) is 0.525. The molecule has 3 aromatic rings. The number of fused-ring (bicyclic) bond motifs is 1. The number of carbonyl (C=O) groups is 1. The first kappa shape index (κ1) is 16.6. The van der Waals surface area contributed by atoms with Gasteiger partial charge in [0.05, 0.1) is 28.2 Å². The topological polar surface area (TPSA) is 100 Å². The first-order valence-electron chi connectivity index (χ1n) is 6.60. The molecule has 0 atom stereocenters. The first-order valence-corrected chi connectivity index (χ1v) is 8.17. The van der Waals surface area contributed by atoms with Gasteiger partial charge in [-0.15, -0.1) is 11.3 Å². The number of benzene rings is 1. The second-order valence-corrected chi connectivity index (χ2v) is 6.53. The van der Waals surface area contributed by atoms with Gasteiger partial charge in [0.1, 0.15) is 27.0 Å². The van der Waals surface area contributed by atoms with Crippen LogP contribution in [0.2, 0.25) is 10.0 Å². The number of ether oxygens (including phenoxy) is 2. The summed E-state index contributed by atoms with van der Waals surface area (Å²) in [5, 5.41) is 1.16. The van der Waals surface area contributed by atoms with E-state index in [-0.39, 0.29) is 10.6 Å².